The number of Topliss-reactive ketones (excluding diaryl/α,β-unsaturated/α-hetero) is 1. The number of ketones is 3. The Morgan fingerprint density at radius 3 is 2.54 bits per heavy atom. The Balaban J connectivity index is 2.16. The molecule has 0 saturated carbocycles. The molecule has 1 N–H and O–H groups in total. The second-order valence-electron chi connectivity index (χ2n) is 5.92. The van der Waals surface area contributed by atoms with Gasteiger partial charge >= 0.3 is 5.97 Å². The van der Waals surface area contributed by atoms with E-state index in [-0.39, 0.29) is 35.5 Å². The number of aliphatic hydroxyl groups excluding tert-OH is 1. The topological polar surface area (TPSA) is 97.7 Å². The summed E-state index contributed by atoms with van der Waals surface area (Å²) >= 11 is 0. The Bertz CT molecular complexity index is 918. The number of hydrogen-bond donors (Lipinski definition) is 1. The summed E-state index contributed by atoms with van der Waals surface area (Å²) in [6, 6.07) is 6.26. The molecule has 0 radical (unpaired) electrons. The average Bonchev–Trinajstić information content (AvgIpc) is 2.63. The molecule has 0 aliphatic heterocycles. The van der Waals surface area contributed by atoms with Gasteiger partial charge in [-0.2, -0.15) is 0 Å². The molecule has 132 valence electrons. The molecule has 0 aromatic heterocycles. The fraction of sp³-hybridized carbons (Fsp3) is 0.200. The van der Waals surface area contributed by atoms with Gasteiger partial charge in [-0.05, 0) is 25.5 Å². The van der Waals surface area contributed by atoms with Gasteiger partial charge in [0.05, 0.1) is 12.2 Å². The van der Waals surface area contributed by atoms with Crippen molar-refractivity contribution in [3.8, 4) is 0 Å². The molecule has 6 nitrogen and oxygen atoms in total. The van der Waals surface area contributed by atoms with E-state index in [2.05, 4.69) is 0 Å². The molecule has 6 heteroatoms. The highest BCUT2D eigenvalue weighted by Crippen LogP contribution is 2.47. The predicted octanol–water partition coefficient (Wildman–Crippen LogP) is 2.36. The van der Waals surface area contributed by atoms with Gasteiger partial charge < -0.3 is 9.84 Å². The maximum absolute atomic E-state index is 13.2. The molecule has 3 rings (SSSR count). The van der Waals surface area contributed by atoms with Gasteiger partial charge in [-0.25, -0.2) is 4.79 Å². The van der Waals surface area contributed by atoms with Gasteiger partial charge in [-0.3, -0.25) is 14.4 Å². The summed E-state index contributed by atoms with van der Waals surface area (Å²) in [6.07, 6.45) is 4.29. The van der Waals surface area contributed by atoms with E-state index in [9.17, 15) is 24.3 Å². The van der Waals surface area contributed by atoms with Crippen LogP contribution in [0.2, 0.25) is 0 Å². The van der Waals surface area contributed by atoms with Crippen molar-refractivity contribution in [2.75, 3.05) is 6.61 Å². The standard InChI is InChI=1S/C20H16O6/c1-2-26-16(23)8-5-11-20-15(22)10-9-14(21)17(20)18(24)12-6-3-4-7-13(12)19(20)25/h3-10,24H,2,11H2,1H3/b8-5+. The number of rotatable bonds is 4. The van der Waals surface area contributed by atoms with Crippen molar-refractivity contribution in [3.63, 3.8) is 0 Å². The Kier molecular flexibility index (Phi) is 4.42. The van der Waals surface area contributed by atoms with E-state index in [1.807, 2.05) is 0 Å². The largest absolute Gasteiger partial charge is 0.507 e. The lowest BCUT2D eigenvalue weighted by Crippen LogP contribution is -2.47. The Labute approximate surface area is 149 Å². The third-order valence-corrected chi connectivity index (χ3v) is 4.50. The van der Waals surface area contributed by atoms with Gasteiger partial charge in [0.15, 0.2) is 17.3 Å². The van der Waals surface area contributed by atoms with Crippen molar-refractivity contribution >= 4 is 29.1 Å². The number of esters is 1. The summed E-state index contributed by atoms with van der Waals surface area (Å²) in [6.45, 7) is 1.84. The van der Waals surface area contributed by atoms with E-state index in [1.165, 1.54) is 18.2 Å². The molecule has 0 heterocycles. The molecule has 26 heavy (non-hydrogen) atoms. The highest BCUT2D eigenvalue weighted by atomic mass is 16.5. The van der Waals surface area contributed by atoms with Crippen LogP contribution in [0.15, 0.2) is 54.1 Å². The minimum absolute atomic E-state index is 0.162. The van der Waals surface area contributed by atoms with Crippen molar-refractivity contribution in [1.29, 1.82) is 0 Å². The van der Waals surface area contributed by atoms with Crippen LogP contribution in [-0.4, -0.2) is 35.0 Å². The Hall–Kier alpha value is -3.28. The third-order valence-electron chi connectivity index (χ3n) is 4.50. The predicted molar refractivity (Wildman–Crippen MR) is 92.3 cm³/mol. The van der Waals surface area contributed by atoms with Gasteiger partial charge in [0, 0.05) is 17.2 Å². The number of carbonyl (C=O) groups excluding carboxylic acids is 4. The van der Waals surface area contributed by atoms with Crippen LogP contribution in [0.4, 0.5) is 0 Å². The van der Waals surface area contributed by atoms with Crippen molar-refractivity contribution in [1.82, 2.24) is 0 Å². The van der Waals surface area contributed by atoms with Crippen LogP contribution in [-0.2, 0) is 19.1 Å². The van der Waals surface area contributed by atoms with E-state index < -0.39 is 28.7 Å². The molecule has 1 aromatic carbocycles. The van der Waals surface area contributed by atoms with Crippen LogP contribution in [0.3, 0.4) is 0 Å². The van der Waals surface area contributed by atoms with Gasteiger partial charge in [-0.1, -0.05) is 30.3 Å². The molecule has 0 fully saturated rings. The average molecular weight is 352 g/mol. The lowest BCUT2D eigenvalue weighted by molar-refractivity contribution is -0.137. The number of hydrogen-bond acceptors (Lipinski definition) is 6. The first-order valence-corrected chi connectivity index (χ1v) is 8.11. The summed E-state index contributed by atoms with van der Waals surface area (Å²) in [5.41, 5.74) is -1.74. The molecule has 1 unspecified atom stereocenters. The van der Waals surface area contributed by atoms with Crippen molar-refractivity contribution in [2.24, 2.45) is 5.41 Å². The summed E-state index contributed by atoms with van der Waals surface area (Å²) < 4.78 is 4.78. The first-order valence-electron chi connectivity index (χ1n) is 8.11. The van der Waals surface area contributed by atoms with Gasteiger partial charge in [0.1, 0.15) is 11.2 Å². The normalized spacial score (nSPS) is 21.8. The monoisotopic (exact) mass is 352 g/mol. The number of carbonyl (C=O) groups is 4. The third kappa shape index (κ3) is 2.50. The number of fused-ring (bicyclic) bond motifs is 2. The number of benzene rings is 1. The maximum Gasteiger partial charge on any atom is 0.330 e. The molecule has 1 aromatic rings. The molecule has 0 bridgehead atoms. The zero-order chi connectivity index (χ0) is 18.9. The second-order valence-corrected chi connectivity index (χ2v) is 5.92. The fourth-order valence-electron chi connectivity index (χ4n) is 3.32. The number of allylic oxidation sites excluding steroid dienone is 4. The minimum atomic E-state index is -1.87. The van der Waals surface area contributed by atoms with Crippen LogP contribution in [0, 0.1) is 5.41 Å². The van der Waals surface area contributed by atoms with Crippen molar-refractivity contribution < 1.29 is 29.0 Å². The fourth-order valence-corrected chi connectivity index (χ4v) is 3.32. The lowest BCUT2D eigenvalue weighted by atomic mass is 9.61. The number of ether oxygens (including phenoxy) is 1. The van der Waals surface area contributed by atoms with E-state index >= 15 is 0 Å². The quantitative estimate of drug-likeness (QED) is 0.507. The molecule has 2 aliphatic rings. The van der Waals surface area contributed by atoms with E-state index in [4.69, 9.17) is 4.74 Å². The molecule has 0 spiro atoms. The summed E-state index contributed by atoms with van der Waals surface area (Å²) in [5.74, 6) is -2.78. The van der Waals surface area contributed by atoms with E-state index in [1.54, 1.807) is 19.1 Å². The summed E-state index contributed by atoms with van der Waals surface area (Å²) in [5, 5.41) is 10.6. The van der Waals surface area contributed by atoms with Crippen molar-refractivity contribution in [2.45, 2.75) is 13.3 Å². The van der Waals surface area contributed by atoms with Crippen LogP contribution in [0.5, 0.6) is 0 Å². The lowest BCUT2D eigenvalue weighted by Gasteiger charge is -2.37. The second kappa shape index (κ2) is 6.55. The van der Waals surface area contributed by atoms with Gasteiger partial charge in [0.2, 0.25) is 0 Å². The van der Waals surface area contributed by atoms with Gasteiger partial charge in [0.25, 0.3) is 0 Å². The molecule has 0 saturated heterocycles. The van der Waals surface area contributed by atoms with Crippen molar-refractivity contribution in [3.05, 3.63) is 65.3 Å². The van der Waals surface area contributed by atoms with E-state index in [0.717, 1.165) is 18.2 Å². The van der Waals surface area contributed by atoms with Crippen LogP contribution >= 0.6 is 0 Å². The van der Waals surface area contributed by atoms with Crippen LogP contribution in [0.25, 0.3) is 5.76 Å². The number of aliphatic hydroxyl groups is 1. The smallest absolute Gasteiger partial charge is 0.330 e. The zero-order valence-corrected chi connectivity index (χ0v) is 14.0. The molecule has 2 aliphatic carbocycles. The summed E-state index contributed by atoms with van der Waals surface area (Å²) in [7, 11) is 0. The van der Waals surface area contributed by atoms with Gasteiger partial charge in [-0.15, -0.1) is 0 Å². The molecule has 1 atom stereocenters. The van der Waals surface area contributed by atoms with Crippen LogP contribution < -0.4 is 0 Å². The SMILES string of the molecule is CCOC(=O)/C=C/CC12C(=O)C=CC(=O)C1=C(O)c1ccccc1C2=O. The van der Waals surface area contributed by atoms with Crippen LogP contribution in [0.1, 0.15) is 29.3 Å². The zero-order valence-electron chi connectivity index (χ0n) is 14.0. The highest BCUT2D eigenvalue weighted by Gasteiger charge is 2.55. The minimum Gasteiger partial charge on any atom is -0.507 e. The molecular formula is C20H16O6. The first-order chi connectivity index (χ1) is 12.4. The Morgan fingerprint density at radius 2 is 1.85 bits per heavy atom. The van der Waals surface area contributed by atoms with E-state index in [0.29, 0.717) is 0 Å². The summed E-state index contributed by atoms with van der Waals surface area (Å²) in [4.78, 5) is 49.8. The molecule has 0 amide bonds. The Morgan fingerprint density at radius 1 is 1.15 bits per heavy atom. The highest BCUT2D eigenvalue weighted by molar-refractivity contribution is 6.34. The first kappa shape index (κ1) is 17.5. The molecular weight excluding hydrogens is 336 g/mol. The maximum atomic E-state index is 13.2.